The number of hydrogen-bond acceptors (Lipinski definition) is 4. The number of carbonyl (C=O) groups excluding carboxylic acids is 1. The van der Waals surface area contributed by atoms with Gasteiger partial charge in [-0.25, -0.2) is 8.42 Å². The third-order valence-corrected chi connectivity index (χ3v) is 8.50. The van der Waals surface area contributed by atoms with Crippen molar-refractivity contribution in [3.05, 3.63) is 75.6 Å². The molecule has 0 saturated carbocycles. The molecule has 2 aromatic carbocycles. The summed E-state index contributed by atoms with van der Waals surface area (Å²) in [5.74, 6) is -0.255. The zero-order valence-electron chi connectivity index (χ0n) is 19.2. The van der Waals surface area contributed by atoms with Crippen LogP contribution in [0.5, 0.6) is 0 Å². The molecular weight excluding hydrogens is 438 g/mol. The topological polar surface area (TPSA) is 90.5 Å². The fourth-order valence-corrected chi connectivity index (χ4v) is 6.22. The van der Waals surface area contributed by atoms with Gasteiger partial charge in [0.15, 0.2) is 0 Å². The number of carbonyl (C=O) groups is 1. The van der Waals surface area contributed by atoms with Crippen LogP contribution in [0.2, 0.25) is 0 Å². The van der Waals surface area contributed by atoms with Crippen molar-refractivity contribution in [1.29, 1.82) is 0 Å². The van der Waals surface area contributed by atoms with E-state index in [9.17, 15) is 18.0 Å². The molecule has 1 aliphatic rings. The Morgan fingerprint density at radius 2 is 1.85 bits per heavy atom. The van der Waals surface area contributed by atoms with Crippen molar-refractivity contribution in [3.63, 3.8) is 0 Å². The average Bonchev–Trinajstić information content (AvgIpc) is 3.28. The van der Waals surface area contributed by atoms with Gasteiger partial charge in [-0.05, 0) is 49.1 Å². The van der Waals surface area contributed by atoms with Gasteiger partial charge in [-0.3, -0.25) is 9.59 Å². The van der Waals surface area contributed by atoms with Gasteiger partial charge < -0.3 is 9.88 Å². The van der Waals surface area contributed by atoms with Crippen molar-refractivity contribution >= 4 is 26.8 Å². The molecule has 0 spiro atoms. The van der Waals surface area contributed by atoms with Crippen molar-refractivity contribution in [1.82, 2.24) is 14.2 Å². The van der Waals surface area contributed by atoms with E-state index in [1.807, 2.05) is 36.1 Å². The second-order valence-electron chi connectivity index (χ2n) is 8.36. The Labute approximate surface area is 194 Å². The lowest BCUT2D eigenvalue weighted by atomic mass is 9.98. The van der Waals surface area contributed by atoms with Crippen LogP contribution in [0.25, 0.3) is 10.9 Å². The zero-order chi connectivity index (χ0) is 23.8. The third-order valence-electron chi connectivity index (χ3n) is 6.45. The Kier molecular flexibility index (Phi) is 6.41. The molecule has 1 aromatic heterocycles. The largest absolute Gasteiger partial charge is 0.332 e. The van der Waals surface area contributed by atoms with E-state index in [2.05, 4.69) is 4.98 Å². The van der Waals surface area contributed by atoms with Crippen molar-refractivity contribution in [3.8, 4) is 0 Å². The van der Waals surface area contributed by atoms with Gasteiger partial charge in [-0.2, -0.15) is 4.31 Å². The molecule has 174 valence electrons. The smallest absolute Gasteiger partial charge is 0.255 e. The van der Waals surface area contributed by atoms with E-state index in [4.69, 9.17) is 0 Å². The van der Waals surface area contributed by atoms with Gasteiger partial charge in [-0.15, -0.1) is 0 Å². The lowest BCUT2D eigenvalue weighted by molar-refractivity contribution is 0.0737. The van der Waals surface area contributed by atoms with Gasteiger partial charge in [0, 0.05) is 36.6 Å². The number of rotatable bonds is 6. The van der Waals surface area contributed by atoms with Crippen LogP contribution in [0, 0.1) is 6.92 Å². The monoisotopic (exact) mass is 467 g/mol. The van der Waals surface area contributed by atoms with Crippen molar-refractivity contribution in [2.45, 2.75) is 44.6 Å². The number of fused-ring (bicyclic) bond motifs is 1. The predicted octanol–water partition coefficient (Wildman–Crippen LogP) is 3.84. The maximum Gasteiger partial charge on any atom is 0.255 e. The number of aromatic amines is 1. The second-order valence-corrected chi connectivity index (χ2v) is 10.3. The molecule has 1 amide bonds. The van der Waals surface area contributed by atoms with Crippen LogP contribution in [-0.4, -0.2) is 48.1 Å². The number of sulfonamides is 1. The van der Waals surface area contributed by atoms with E-state index in [1.54, 1.807) is 19.9 Å². The molecule has 4 rings (SSSR count). The summed E-state index contributed by atoms with van der Waals surface area (Å²) < 4.78 is 27.5. The highest BCUT2D eigenvalue weighted by molar-refractivity contribution is 7.89. The number of aromatic nitrogens is 1. The molecule has 33 heavy (non-hydrogen) atoms. The van der Waals surface area contributed by atoms with Crippen LogP contribution in [0.3, 0.4) is 0 Å². The predicted molar refractivity (Wildman–Crippen MR) is 129 cm³/mol. The number of likely N-dealkylation sites (tertiary alicyclic amines) is 1. The van der Waals surface area contributed by atoms with Gasteiger partial charge in [0.25, 0.3) is 5.91 Å². The minimum atomic E-state index is -3.71. The van der Waals surface area contributed by atoms with Crippen LogP contribution in [0.4, 0.5) is 0 Å². The molecule has 3 aromatic rings. The number of pyridine rings is 1. The highest BCUT2D eigenvalue weighted by Gasteiger charge is 2.32. The Bertz CT molecular complexity index is 1360. The van der Waals surface area contributed by atoms with E-state index < -0.39 is 15.6 Å². The Morgan fingerprint density at radius 3 is 2.55 bits per heavy atom. The lowest BCUT2D eigenvalue weighted by Crippen LogP contribution is -2.32. The maximum atomic E-state index is 13.7. The summed E-state index contributed by atoms with van der Waals surface area (Å²) in [6.07, 6.45) is 1.72. The minimum absolute atomic E-state index is 0.0735. The standard InChI is InChI=1S/C25H29N3O4S/c1-4-27(5-2)33(31,32)18-12-13-22-20(15-18)21(16-24(29)26-22)25(30)28-14-8-11-23(28)19-10-7-6-9-17(19)3/h6-7,9-10,12-13,15-16,23H,4-5,8,11,14H2,1-3H3,(H,26,29). The van der Waals surface area contributed by atoms with E-state index in [1.165, 1.54) is 22.5 Å². The summed E-state index contributed by atoms with van der Waals surface area (Å²) in [5.41, 5.74) is 2.49. The van der Waals surface area contributed by atoms with Crippen LogP contribution in [-0.2, 0) is 10.0 Å². The third kappa shape index (κ3) is 4.20. The average molecular weight is 468 g/mol. The van der Waals surface area contributed by atoms with Gasteiger partial charge >= 0.3 is 0 Å². The first-order valence-electron chi connectivity index (χ1n) is 11.3. The van der Waals surface area contributed by atoms with E-state index in [-0.39, 0.29) is 22.4 Å². The van der Waals surface area contributed by atoms with E-state index in [0.29, 0.717) is 30.5 Å². The first-order valence-corrected chi connectivity index (χ1v) is 12.8. The number of hydrogen-bond donors (Lipinski definition) is 1. The Balaban J connectivity index is 1.82. The number of amides is 1. The van der Waals surface area contributed by atoms with Crippen molar-refractivity contribution < 1.29 is 13.2 Å². The van der Waals surface area contributed by atoms with Crippen molar-refractivity contribution in [2.75, 3.05) is 19.6 Å². The summed E-state index contributed by atoms with van der Waals surface area (Å²) in [5, 5.41) is 0.434. The molecule has 1 unspecified atom stereocenters. The van der Waals surface area contributed by atoms with Crippen LogP contribution in [0.1, 0.15) is 54.2 Å². The summed E-state index contributed by atoms with van der Waals surface area (Å²) in [6, 6.07) is 13.8. The second kappa shape index (κ2) is 9.11. The molecule has 1 fully saturated rings. The minimum Gasteiger partial charge on any atom is -0.332 e. The summed E-state index contributed by atoms with van der Waals surface area (Å²) in [7, 11) is -3.71. The van der Waals surface area contributed by atoms with Gasteiger partial charge in [0.1, 0.15) is 0 Å². The number of H-pyrrole nitrogens is 1. The number of nitrogens with one attached hydrogen (secondary N) is 1. The summed E-state index contributed by atoms with van der Waals surface area (Å²) in [4.78, 5) is 30.7. The van der Waals surface area contributed by atoms with E-state index >= 15 is 0 Å². The molecule has 8 heteroatoms. The summed E-state index contributed by atoms with van der Waals surface area (Å²) in [6.45, 7) is 6.88. The lowest BCUT2D eigenvalue weighted by Gasteiger charge is -2.27. The number of aryl methyl sites for hydroxylation is 1. The SMILES string of the molecule is CCN(CC)S(=O)(=O)c1ccc2[nH]c(=O)cc(C(=O)N3CCCC3c3ccccc3C)c2c1. The van der Waals surface area contributed by atoms with Gasteiger partial charge in [0.2, 0.25) is 15.6 Å². The zero-order valence-corrected chi connectivity index (χ0v) is 20.0. The van der Waals surface area contributed by atoms with E-state index in [0.717, 1.165) is 24.0 Å². The fourth-order valence-electron chi connectivity index (χ4n) is 4.73. The molecule has 0 radical (unpaired) electrons. The van der Waals surface area contributed by atoms with Gasteiger partial charge in [-0.1, -0.05) is 38.1 Å². The molecular formula is C25H29N3O4S. The Morgan fingerprint density at radius 1 is 1.12 bits per heavy atom. The van der Waals surface area contributed by atoms with Crippen LogP contribution >= 0.6 is 0 Å². The first kappa shape index (κ1) is 23.2. The number of benzene rings is 2. The molecule has 2 heterocycles. The Hall–Kier alpha value is -2.97. The molecule has 1 atom stereocenters. The first-order chi connectivity index (χ1) is 15.8. The molecule has 7 nitrogen and oxygen atoms in total. The number of nitrogens with zero attached hydrogens (tertiary/aromatic N) is 2. The summed E-state index contributed by atoms with van der Waals surface area (Å²) >= 11 is 0. The van der Waals surface area contributed by atoms with Gasteiger partial charge in [0.05, 0.1) is 16.5 Å². The highest BCUT2D eigenvalue weighted by atomic mass is 32.2. The van der Waals surface area contributed by atoms with Crippen LogP contribution < -0.4 is 5.56 Å². The molecule has 1 saturated heterocycles. The quantitative estimate of drug-likeness (QED) is 0.596. The molecule has 1 aliphatic heterocycles. The van der Waals surface area contributed by atoms with Crippen molar-refractivity contribution in [2.24, 2.45) is 0 Å². The fraction of sp³-hybridized carbons (Fsp3) is 0.360. The maximum absolute atomic E-state index is 13.7. The highest BCUT2D eigenvalue weighted by Crippen LogP contribution is 2.35. The van der Waals surface area contributed by atoms with Crippen LogP contribution in [0.15, 0.2) is 58.2 Å². The molecule has 0 aliphatic carbocycles. The molecule has 0 bridgehead atoms. The normalized spacial score (nSPS) is 16.6. The molecule has 1 N–H and O–H groups in total.